The maximum absolute atomic E-state index is 10.5. The average molecular weight is 258 g/mol. The zero-order valence-electron chi connectivity index (χ0n) is 9.82. The molecule has 0 aliphatic heterocycles. The van der Waals surface area contributed by atoms with Gasteiger partial charge in [-0.1, -0.05) is 11.3 Å². The van der Waals surface area contributed by atoms with E-state index in [2.05, 4.69) is 20.6 Å². The van der Waals surface area contributed by atoms with Gasteiger partial charge in [-0.2, -0.15) is 5.26 Å². The Labute approximate surface area is 108 Å². The molecule has 8 nitrogen and oxygen atoms in total. The lowest BCUT2D eigenvalue weighted by Gasteiger charge is -2.02. The number of anilines is 1. The van der Waals surface area contributed by atoms with Gasteiger partial charge >= 0.3 is 5.97 Å². The van der Waals surface area contributed by atoms with E-state index in [9.17, 15) is 4.79 Å². The summed E-state index contributed by atoms with van der Waals surface area (Å²) >= 11 is 0. The number of carboxylic acid groups (broad SMARTS) is 1. The second-order valence-electron chi connectivity index (χ2n) is 3.67. The van der Waals surface area contributed by atoms with Gasteiger partial charge in [0.1, 0.15) is 29.8 Å². The topological polar surface area (TPSA) is 117 Å². The first kappa shape index (κ1) is 12.5. The molecule has 0 atom stereocenters. The molecule has 2 aromatic rings. The molecule has 0 bridgehead atoms. The van der Waals surface area contributed by atoms with Gasteiger partial charge < -0.3 is 10.4 Å². The number of hydrogen-bond donors (Lipinski definition) is 2. The standard InChI is InChI=1S/C11H10N6O2/c12-4-8-2-1-3-10(14-8)13-5-9-6-17(16-15-9)7-11(18)19/h1-3,6H,5,7H2,(H,13,14)(H,18,19). The predicted octanol–water partition coefficient (Wildman–Crippen LogP) is 0.241. The van der Waals surface area contributed by atoms with Gasteiger partial charge in [0, 0.05) is 0 Å². The van der Waals surface area contributed by atoms with Gasteiger partial charge in [-0.15, -0.1) is 5.10 Å². The van der Waals surface area contributed by atoms with Crippen LogP contribution in [0, 0.1) is 11.3 Å². The van der Waals surface area contributed by atoms with Crippen LogP contribution in [0.25, 0.3) is 0 Å². The number of aliphatic carboxylic acids is 1. The van der Waals surface area contributed by atoms with E-state index in [-0.39, 0.29) is 6.54 Å². The predicted molar refractivity (Wildman–Crippen MR) is 63.9 cm³/mol. The van der Waals surface area contributed by atoms with Crippen LogP contribution in [0.1, 0.15) is 11.4 Å². The van der Waals surface area contributed by atoms with Crippen LogP contribution in [0.4, 0.5) is 5.82 Å². The number of aromatic nitrogens is 4. The van der Waals surface area contributed by atoms with Crippen molar-refractivity contribution in [1.29, 1.82) is 5.26 Å². The Hall–Kier alpha value is -2.95. The molecule has 8 heteroatoms. The Kier molecular flexibility index (Phi) is 3.68. The highest BCUT2D eigenvalue weighted by molar-refractivity contribution is 5.66. The maximum Gasteiger partial charge on any atom is 0.325 e. The molecule has 2 rings (SSSR count). The number of hydrogen-bond acceptors (Lipinski definition) is 6. The Bertz CT molecular complexity index is 630. The van der Waals surface area contributed by atoms with Gasteiger partial charge in [-0.25, -0.2) is 9.67 Å². The molecule has 0 spiro atoms. The summed E-state index contributed by atoms with van der Waals surface area (Å²) in [5.41, 5.74) is 0.907. The van der Waals surface area contributed by atoms with Crippen LogP contribution < -0.4 is 5.32 Å². The van der Waals surface area contributed by atoms with Crippen molar-refractivity contribution < 1.29 is 9.90 Å². The van der Waals surface area contributed by atoms with Crippen molar-refractivity contribution in [1.82, 2.24) is 20.0 Å². The van der Waals surface area contributed by atoms with E-state index in [0.29, 0.717) is 23.8 Å². The fourth-order valence-electron chi connectivity index (χ4n) is 1.41. The lowest BCUT2D eigenvalue weighted by Crippen LogP contribution is -2.09. The molecule has 0 amide bonds. The highest BCUT2D eigenvalue weighted by atomic mass is 16.4. The number of pyridine rings is 1. The first-order valence-corrected chi connectivity index (χ1v) is 5.39. The highest BCUT2D eigenvalue weighted by Gasteiger charge is 2.04. The van der Waals surface area contributed by atoms with Gasteiger partial charge in [0.25, 0.3) is 0 Å². The van der Waals surface area contributed by atoms with Gasteiger partial charge in [-0.3, -0.25) is 4.79 Å². The molecule has 19 heavy (non-hydrogen) atoms. The molecule has 2 aromatic heterocycles. The smallest absolute Gasteiger partial charge is 0.325 e. The fourth-order valence-corrected chi connectivity index (χ4v) is 1.41. The average Bonchev–Trinajstić information content (AvgIpc) is 2.83. The first-order chi connectivity index (χ1) is 9.17. The first-order valence-electron chi connectivity index (χ1n) is 5.39. The minimum absolute atomic E-state index is 0.227. The van der Waals surface area contributed by atoms with Crippen LogP contribution in [0.15, 0.2) is 24.4 Å². The summed E-state index contributed by atoms with van der Waals surface area (Å²) in [5, 5.41) is 27.8. The van der Waals surface area contributed by atoms with Crippen molar-refractivity contribution in [3.63, 3.8) is 0 Å². The summed E-state index contributed by atoms with van der Waals surface area (Å²) < 4.78 is 1.23. The van der Waals surface area contributed by atoms with E-state index in [1.807, 2.05) is 6.07 Å². The van der Waals surface area contributed by atoms with E-state index < -0.39 is 5.97 Å². The zero-order valence-corrected chi connectivity index (χ0v) is 9.82. The third-order valence-corrected chi connectivity index (χ3v) is 2.20. The van der Waals surface area contributed by atoms with Gasteiger partial charge in [0.15, 0.2) is 0 Å². The van der Waals surface area contributed by atoms with Gasteiger partial charge in [-0.05, 0) is 12.1 Å². The molecule has 0 aliphatic carbocycles. The van der Waals surface area contributed by atoms with E-state index in [4.69, 9.17) is 10.4 Å². The van der Waals surface area contributed by atoms with E-state index >= 15 is 0 Å². The molecular weight excluding hydrogens is 248 g/mol. The summed E-state index contributed by atoms with van der Waals surface area (Å²) in [7, 11) is 0. The molecule has 0 aliphatic rings. The van der Waals surface area contributed by atoms with E-state index in [1.165, 1.54) is 10.9 Å². The minimum Gasteiger partial charge on any atom is -0.480 e. The van der Waals surface area contributed by atoms with Crippen molar-refractivity contribution in [2.75, 3.05) is 5.32 Å². The Balaban J connectivity index is 1.96. The molecule has 0 saturated heterocycles. The largest absolute Gasteiger partial charge is 0.480 e. The molecule has 2 N–H and O–H groups in total. The molecule has 96 valence electrons. The minimum atomic E-state index is -0.979. The fraction of sp³-hybridized carbons (Fsp3) is 0.182. The van der Waals surface area contributed by atoms with Crippen molar-refractivity contribution in [3.8, 4) is 6.07 Å². The number of carbonyl (C=O) groups is 1. The molecule has 0 radical (unpaired) electrons. The Morgan fingerprint density at radius 1 is 1.53 bits per heavy atom. The van der Waals surface area contributed by atoms with Gasteiger partial charge in [0.05, 0.1) is 12.7 Å². The normalized spacial score (nSPS) is 9.84. The number of nitrogens with one attached hydrogen (secondary N) is 1. The summed E-state index contributed by atoms with van der Waals surface area (Å²) in [4.78, 5) is 14.5. The summed E-state index contributed by atoms with van der Waals surface area (Å²) in [6.45, 7) is 0.122. The van der Waals surface area contributed by atoms with Crippen LogP contribution in [-0.2, 0) is 17.9 Å². The molecule has 0 aromatic carbocycles. The van der Waals surface area contributed by atoms with Crippen molar-refractivity contribution >= 4 is 11.8 Å². The monoisotopic (exact) mass is 258 g/mol. The molecule has 2 heterocycles. The highest BCUT2D eigenvalue weighted by Crippen LogP contribution is 2.05. The Morgan fingerprint density at radius 3 is 3.11 bits per heavy atom. The molecular formula is C11H10N6O2. The quantitative estimate of drug-likeness (QED) is 0.788. The summed E-state index contributed by atoms with van der Waals surface area (Å²) in [6, 6.07) is 6.99. The van der Waals surface area contributed by atoms with Gasteiger partial charge in [0.2, 0.25) is 0 Å². The van der Waals surface area contributed by atoms with Crippen LogP contribution in [0.3, 0.4) is 0 Å². The van der Waals surface area contributed by atoms with Crippen LogP contribution in [0.2, 0.25) is 0 Å². The summed E-state index contributed by atoms with van der Waals surface area (Å²) in [5.74, 6) is -0.431. The van der Waals surface area contributed by atoms with E-state index in [0.717, 1.165) is 0 Å². The molecule has 0 fully saturated rings. The zero-order chi connectivity index (χ0) is 13.7. The molecule has 0 saturated carbocycles. The van der Waals surface area contributed by atoms with E-state index in [1.54, 1.807) is 18.2 Å². The van der Waals surface area contributed by atoms with Crippen LogP contribution >= 0.6 is 0 Å². The lowest BCUT2D eigenvalue weighted by molar-refractivity contribution is -0.137. The van der Waals surface area contributed by atoms with Crippen LogP contribution in [0.5, 0.6) is 0 Å². The third kappa shape index (κ3) is 3.50. The number of nitriles is 1. The second-order valence-corrected chi connectivity index (χ2v) is 3.67. The third-order valence-electron chi connectivity index (χ3n) is 2.20. The molecule has 0 unspecified atom stereocenters. The number of rotatable bonds is 5. The van der Waals surface area contributed by atoms with Crippen molar-refractivity contribution in [2.45, 2.75) is 13.1 Å². The van der Waals surface area contributed by atoms with Crippen molar-refractivity contribution in [2.24, 2.45) is 0 Å². The maximum atomic E-state index is 10.5. The lowest BCUT2D eigenvalue weighted by atomic mass is 10.3. The van der Waals surface area contributed by atoms with Crippen molar-refractivity contribution in [3.05, 3.63) is 35.8 Å². The van der Waals surface area contributed by atoms with Crippen LogP contribution in [-0.4, -0.2) is 31.1 Å². The second kappa shape index (κ2) is 5.59. The summed E-state index contributed by atoms with van der Waals surface area (Å²) in [6.07, 6.45) is 1.54. The number of carboxylic acids is 1. The SMILES string of the molecule is N#Cc1cccc(NCc2cn(CC(=O)O)nn2)n1. The Morgan fingerprint density at radius 2 is 2.37 bits per heavy atom. The number of nitrogens with zero attached hydrogens (tertiary/aromatic N) is 5.